The zero-order valence-corrected chi connectivity index (χ0v) is 25.4. The van der Waals surface area contributed by atoms with E-state index in [4.69, 9.17) is 0 Å². The van der Waals surface area contributed by atoms with Crippen LogP contribution in [0.25, 0.3) is 77.5 Å². The van der Waals surface area contributed by atoms with E-state index in [-0.39, 0.29) is 0 Å². The highest BCUT2D eigenvalue weighted by Gasteiger charge is 2.15. The van der Waals surface area contributed by atoms with Crippen molar-refractivity contribution >= 4 is 44.1 Å². The van der Waals surface area contributed by atoms with Crippen LogP contribution in [0.1, 0.15) is 5.56 Å². The molecule has 8 aromatic carbocycles. The van der Waals surface area contributed by atoms with Gasteiger partial charge in [-0.25, -0.2) is 0 Å². The Kier molecular flexibility index (Phi) is 6.28. The molecule has 0 saturated carbocycles. The Bertz CT molecular complexity index is 2560. The van der Waals surface area contributed by atoms with E-state index in [1.54, 1.807) is 0 Å². The summed E-state index contributed by atoms with van der Waals surface area (Å²) in [5.74, 6) is 0. The van der Waals surface area contributed by atoms with Gasteiger partial charge in [-0.1, -0.05) is 140 Å². The predicted octanol–water partition coefficient (Wildman–Crippen LogP) is 9.69. The summed E-state index contributed by atoms with van der Waals surface area (Å²) in [6, 6.07) is 60.0. The molecule has 216 valence electrons. The maximum absolute atomic E-state index is 3.66. The van der Waals surface area contributed by atoms with Gasteiger partial charge >= 0.3 is 0 Å². The standard InChI is InChI=1S/C45H31N/c1-3-11-30(12-4-1)41-26-33-16-7-8-17-34(33)27-43(41)35-19-22-40-38-21-20-36(45-39-18-10-9-15-32(39)23-24-46-45)25-37(38)29-42(44(40)28-35)31-13-5-2-6-14-31/h1-23,25-29,46H,24H2. The first-order chi connectivity index (χ1) is 22.8. The monoisotopic (exact) mass is 585 g/mol. The molecule has 9 rings (SSSR count). The molecule has 0 saturated heterocycles. The molecule has 0 atom stereocenters. The summed E-state index contributed by atoms with van der Waals surface area (Å²) < 4.78 is 0. The quantitative estimate of drug-likeness (QED) is 0.203. The summed E-state index contributed by atoms with van der Waals surface area (Å²) in [5.41, 5.74) is 9.83. The lowest BCUT2D eigenvalue weighted by atomic mass is 9.87. The van der Waals surface area contributed by atoms with Gasteiger partial charge < -0.3 is 5.32 Å². The zero-order chi connectivity index (χ0) is 30.5. The third kappa shape index (κ3) is 4.48. The second-order valence-electron chi connectivity index (χ2n) is 12.1. The van der Waals surface area contributed by atoms with Gasteiger partial charge in [0.25, 0.3) is 0 Å². The van der Waals surface area contributed by atoms with E-state index in [2.05, 4.69) is 175 Å². The molecule has 1 N–H and O–H groups in total. The van der Waals surface area contributed by atoms with E-state index >= 15 is 0 Å². The highest BCUT2D eigenvalue weighted by atomic mass is 14.9. The van der Waals surface area contributed by atoms with E-state index in [0.29, 0.717) is 0 Å². The molecule has 0 unspecified atom stereocenters. The summed E-state index contributed by atoms with van der Waals surface area (Å²) in [6.07, 6.45) is 2.26. The molecular formula is C45H31N. The van der Waals surface area contributed by atoms with Crippen LogP contribution in [0.4, 0.5) is 0 Å². The summed E-state index contributed by atoms with van der Waals surface area (Å²) >= 11 is 0. The largest absolute Gasteiger partial charge is 0.381 e. The maximum Gasteiger partial charge on any atom is 0.0496 e. The van der Waals surface area contributed by atoms with Gasteiger partial charge in [0.2, 0.25) is 0 Å². The molecule has 1 heteroatoms. The Balaban J connectivity index is 1.30. The zero-order valence-electron chi connectivity index (χ0n) is 25.4. The summed E-state index contributed by atoms with van der Waals surface area (Å²) in [4.78, 5) is 0. The fraction of sp³-hybridized carbons (Fsp3) is 0.0222. The number of rotatable bonds is 4. The topological polar surface area (TPSA) is 12.0 Å². The molecule has 0 radical (unpaired) electrons. The van der Waals surface area contributed by atoms with Crippen molar-refractivity contribution in [1.29, 1.82) is 0 Å². The van der Waals surface area contributed by atoms with Gasteiger partial charge in [0.1, 0.15) is 0 Å². The average Bonchev–Trinajstić information content (AvgIpc) is 3.14. The van der Waals surface area contributed by atoms with E-state index in [1.165, 1.54) is 87.4 Å². The van der Waals surface area contributed by atoms with Crippen LogP contribution in [-0.4, -0.2) is 6.54 Å². The van der Waals surface area contributed by atoms with Crippen LogP contribution in [0.5, 0.6) is 0 Å². The van der Waals surface area contributed by atoms with Crippen LogP contribution in [0.2, 0.25) is 0 Å². The van der Waals surface area contributed by atoms with Crippen LogP contribution in [0, 0.1) is 0 Å². The highest BCUT2D eigenvalue weighted by Crippen LogP contribution is 2.41. The fourth-order valence-electron chi connectivity index (χ4n) is 7.20. The van der Waals surface area contributed by atoms with Gasteiger partial charge in [-0.3, -0.25) is 0 Å². The summed E-state index contributed by atoms with van der Waals surface area (Å²) in [5, 5.41) is 13.7. The van der Waals surface area contributed by atoms with Crippen molar-refractivity contribution < 1.29 is 0 Å². The number of fused-ring (bicyclic) bond motifs is 5. The predicted molar refractivity (Wildman–Crippen MR) is 196 cm³/mol. The minimum absolute atomic E-state index is 0.833. The van der Waals surface area contributed by atoms with Crippen LogP contribution in [-0.2, 0) is 0 Å². The van der Waals surface area contributed by atoms with Gasteiger partial charge in [-0.05, 0) is 107 Å². The van der Waals surface area contributed by atoms with Gasteiger partial charge in [0.05, 0.1) is 0 Å². The number of nitrogens with one attached hydrogen (secondary N) is 1. The lowest BCUT2D eigenvalue weighted by molar-refractivity contribution is 1.01. The molecule has 1 nitrogen and oxygen atoms in total. The minimum Gasteiger partial charge on any atom is -0.381 e. The maximum atomic E-state index is 3.66. The third-order valence-electron chi connectivity index (χ3n) is 9.44. The Morgan fingerprint density at radius 2 is 0.957 bits per heavy atom. The first-order valence-electron chi connectivity index (χ1n) is 16.0. The third-order valence-corrected chi connectivity index (χ3v) is 9.44. The van der Waals surface area contributed by atoms with E-state index in [1.807, 2.05) is 0 Å². The van der Waals surface area contributed by atoms with Crippen molar-refractivity contribution in [2.45, 2.75) is 0 Å². The molecule has 8 aromatic rings. The summed E-state index contributed by atoms with van der Waals surface area (Å²) in [7, 11) is 0. The number of benzene rings is 8. The Morgan fingerprint density at radius 1 is 0.370 bits per heavy atom. The van der Waals surface area contributed by atoms with Gasteiger partial charge in [-0.15, -0.1) is 0 Å². The molecule has 0 amide bonds. The second kappa shape index (κ2) is 10.9. The molecule has 1 aliphatic heterocycles. The molecule has 0 fully saturated rings. The molecule has 0 aromatic heterocycles. The van der Waals surface area contributed by atoms with Gasteiger partial charge in [0.15, 0.2) is 0 Å². The molecule has 1 aliphatic rings. The van der Waals surface area contributed by atoms with Gasteiger partial charge in [-0.2, -0.15) is 0 Å². The van der Waals surface area contributed by atoms with Gasteiger partial charge in [0, 0.05) is 17.5 Å². The lowest BCUT2D eigenvalue weighted by Crippen LogP contribution is -2.37. The van der Waals surface area contributed by atoms with Crippen molar-refractivity contribution in [2.75, 3.05) is 6.54 Å². The number of hydrogen-bond donors (Lipinski definition) is 1. The van der Waals surface area contributed by atoms with Crippen LogP contribution in [0.15, 0.2) is 164 Å². The van der Waals surface area contributed by atoms with Crippen LogP contribution >= 0.6 is 0 Å². The second-order valence-corrected chi connectivity index (χ2v) is 12.1. The first kappa shape index (κ1) is 26.5. The smallest absolute Gasteiger partial charge is 0.0496 e. The Labute approximate surface area is 268 Å². The molecule has 1 heterocycles. The summed E-state index contributed by atoms with van der Waals surface area (Å²) in [6.45, 7) is 0.833. The van der Waals surface area contributed by atoms with E-state index in [9.17, 15) is 0 Å². The molecular weight excluding hydrogens is 555 g/mol. The molecule has 0 spiro atoms. The highest BCUT2D eigenvalue weighted by molar-refractivity contribution is 6.15. The van der Waals surface area contributed by atoms with Crippen molar-refractivity contribution in [1.82, 2.24) is 5.32 Å². The van der Waals surface area contributed by atoms with Crippen molar-refractivity contribution in [3.05, 3.63) is 180 Å². The normalized spacial score (nSPS) is 12.6. The molecule has 0 bridgehead atoms. The SMILES string of the molecule is C1=c2ccccc2=C(c2ccc3c(c2)cc(-c2ccccc2)c2cc(-c4cc5ccccc5cc4-c4ccccc4)ccc23)NC1. The van der Waals surface area contributed by atoms with Crippen molar-refractivity contribution in [2.24, 2.45) is 0 Å². The number of hydrogen-bond acceptors (Lipinski definition) is 1. The Morgan fingerprint density at radius 3 is 1.72 bits per heavy atom. The average molecular weight is 586 g/mol. The fourth-order valence-corrected chi connectivity index (χ4v) is 7.20. The minimum atomic E-state index is 0.833. The Hall–Kier alpha value is -5.92. The van der Waals surface area contributed by atoms with E-state index < -0.39 is 0 Å². The van der Waals surface area contributed by atoms with Crippen LogP contribution < -0.4 is 15.8 Å². The molecule has 0 aliphatic carbocycles. The van der Waals surface area contributed by atoms with Crippen molar-refractivity contribution in [3.63, 3.8) is 0 Å². The first-order valence-corrected chi connectivity index (χ1v) is 16.0. The molecule has 46 heavy (non-hydrogen) atoms. The lowest BCUT2D eigenvalue weighted by Gasteiger charge is -2.18. The van der Waals surface area contributed by atoms with Crippen molar-refractivity contribution in [3.8, 4) is 33.4 Å². The van der Waals surface area contributed by atoms with Crippen LogP contribution in [0.3, 0.4) is 0 Å². The van der Waals surface area contributed by atoms with E-state index in [0.717, 1.165) is 6.54 Å².